The molecule has 0 N–H and O–H groups in total. The van der Waals surface area contributed by atoms with Gasteiger partial charge in [-0.3, -0.25) is 0 Å². The van der Waals surface area contributed by atoms with Gasteiger partial charge >= 0.3 is 0 Å². The maximum Gasteiger partial charge on any atom is 0.00182 e. The molecule has 3 aliphatic rings. The van der Waals surface area contributed by atoms with Crippen molar-refractivity contribution in [2.75, 3.05) is 0 Å². The van der Waals surface area contributed by atoms with Gasteiger partial charge < -0.3 is 0 Å². The van der Waals surface area contributed by atoms with Crippen LogP contribution in [0.2, 0.25) is 0 Å². The van der Waals surface area contributed by atoms with Gasteiger partial charge in [0.25, 0.3) is 0 Å². The molecule has 2 fully saturated rings. The lowest BCUT2D eigenvalue weighted by molar-refractivity contribution is 0.236. The van der Waals surface area contributed by atoms with Gasteiger partial charge in [0, 0.05) is 5.92 Å². The molecule has 4 rings (SSSR count). The van der Waals surface area contributed by atoms with Gasteiger partial charge in [0.2, 0.25) is 0 Å². The molecule has 1 aromatic carbocycles. The molecule has 0 amide bonds. The maximum atomic E-state index is 2.65. The van der Waals surface area contributed by atoms with Crippen LogP contribution in [0.1, 0.15) is 127 Å². The molecule has 34 heavy (non-hydrogen) atoms. The van der Waals surface area contributed by atoms with E-state index < -0.39 is 0 Å². The van der Waals surface area contributed by atoms with E-state index in [-0.39, 0.29) is 0 Å². The molecule has 2 atom stereocenters. The summed E-state index contributed by atoms with van der Waals surface area (Å²) in [6.07, 6.45) is 33.0. The van der Waals surface area contributed by atoms with Gasteiger partial charge in [0.05, 0.1) is 0 Å². The monoisotopic (exact) mass is 460 g/mol. The van der Waals surface area contributed by atoms with Crippen molar-refractivity contribution in [3.63, 3.8) is 0 Å². The van der Waals surface area contributed by atoms with Gasteiger partial charge in [0.15, 0.2) is 0 Å². The summed E-state index contributed by atoms with van der Waals surface area (Å²) < 4.78 is 0. The summed E-state index contributed by atoms with van der Waals surface area (Å²) in [7, 11) is 0. The molecule has 0 heteroatoms. The molecule has 2 unspecified atom stereocenters. The summed E-state index contributed by atoms with van der Waals surface area (Å²) in [6.45, 7) is 4.59. The Hall–Kier alpha value is -1.30. The van der Waals surface area contributed by atoms with Crippen molar-refractivity contribution in [3.8, 4) is 0 Å². The summed E-state index contributed by atoms with van der Waals surface area (Å²) in [6, 6.07) is 9.48. The Balaban J connectivity index is 1.16. The van der Waals surface area contributed by atoms with Crippen molar-refractivity contribution in [1.29, 1.82) is 0 Å². The van der Waals surface area contributed by atoms with Crippen molar-refractivity contribution in [3.05, 3.63) is 59.7 Å². The van der Waals surface area contributed by atoms with Gasteiger partial charge in [0.1, 0.15) is 0 Å². The Morgan fingerprint density at radius 3 is 1.94 bits per heavy atom. The highest BCUT2D eigenvalue weighted by Gasteiger charge is 2.28. The fraction of sp³-hybridized carbons (Fsp3) is 0.706. The Labute approximate surface area is 211 Å². The molecule has 0 saturated heterocycles. The van der Waals surface area contributed by atoms with E-state index in [1.54, 1.807) is 0 Å². The molecule has 0 aliphatic heterocycles. The molecule has 0 radical (unpaired) electrons. The topological polar surface area (TPSA) is 0 Å². The predicted molar refractivity (Wildman–Crippen MR) is 149 cm³/mol. The van der Waals surface area contributed by atoms with Gasteiger partial charge in [-0.05, 0) is 111 Å². The normalized spacial score (nSPS) is 32.3. The van der Waals surface area contributed by atoms with Gasteiger partial charge in [-0.2, -0.15) is 0 Å². The van der Waals surface area contributed by atoms with Crippen LogP contribution in [0.4, 0.5) is 0 Å². The Morgan fingerprint density at radius 1 is 0.676 bits per heavy atom. The third kappa shape index (κ3) is 7.60. The lowest BCUT2D eigenvalue weighted by atomic mass is 9.71. The summed E-state index contributed by atoms with van der Waals surface area (Å²) in [5.74, 6) is 5.20. The number of hydrogen-bond donors (Lipinski definition) is 0. The smallest absolute Gasteiger partial charge is 0.00182 e. The molecule has 0 heterocycles. The Morgan fingerprint density at radius 2 is 1.35 bits per heavy atom. The fourth-order valence-corrected chi connectivity index (χ4v) is 7.16. The molecule has 0 aromatic heterocycles. The zero-order valence-corrected chi connectivity index (χ0v) is 22.4. The van der Waals surface area contributed by atoms with Crippen LogP contribution in [-0.4, -0.2) is 0 Å². The first-order valence-electron chi connectivity index (χ1n) is 15.2. The Kier molecular flexibility index (Phi) is 10.4. The van der Waals surface area contributed by atoms with E-state index in [0.29, 0.717) is 5.92 Å². The van der Waals surface area contributed by atoms with Crippen LogP contribution in [0.25, 0.3) is 0 Å². The minimum absolute atomic E-state index is 0.646. The minimum Gasteiger partial charge on any atom is -0.0851 e. The predicted octanol–water partition coefficient (Wildman–Crippen LogP) is 10.4. The third-order valence-corrected chi connectivity index (χ3v) is 9.53. The lowest BCUT2D eigenvalue weighted by Crippen LogP contribution is -2.22. The van der Waals surface area contributed by atoms with Crippen molar-refractivity contribution >= 4 is 0 Å². The second-order valence-corrected chi connectivity index (χ2v) is 12.1. The summed E-state index contributed by atoms with van der Waals surface area (Å²) in [5.41, 5.74) is 3.02. The lowest BCUT2D eigenvalue weighted by Gasteiger charge is -2.34. The SMILES string of the molecule is CCCCCC1CCC(C=CC2CCC(C3C=CC(c4ccc(CCC)cc4)CC3)CC2)CC1. The molecule has 0 spiro atoms. The molecule has 2 saturated carbocycles. The Bertz CT molecular complexity index is 737. The summed E-state index contributed by atoms with van der Waals surface area (Å²) >= 11 is 0. The first-order chi connectivity index (χ1) is 16.7. The second kappa shape index (κ2) is 13.7. The fourth-order valence-electron chi connectivity index (χ4n) is 7.16. The van der Waals surface area contributed by atoms with Crippen molar-refractivity contribution in [2.45, 2.75) is 122 Å². The number of benzene rings is 1. The van der Waals surface area contributed by atoms with E-state index in [1.165, 1.54) is 114 Å². The highest BCUT2D eigenvalue weighted by atomic mass is 14.3. The van der Waals surface area contributed by atoms with Crippen molar-refractivity contribution in [1.82, 2.24) is 0 Å². The van der Waals surface area contributed by atoms with E-state index in [9.17, 15) is 0 Å². The molecular formula is C34H52. The largest absolute Gasteiger partial charge is 0.0851 e. The average Bonchev–Trinajstić information content (AvgIpc) is 2.89. The average molecular weight is 461 g/mol. The number of hydrogen-bond acceptors (Lipinski definition) is 0. The molecule has 0 bridgehead atoms. The molecule has 1 aromatic rings. The first-order valence-corrected chi connectivity index (χ1v) is 15.2. The van der Waals surface area contributed by atoms with Gasteiger partial charge in [-0.15, -0.1) is 0 Å². The molecular weight excluding hydrogens is 408 g/mol. The van der Waals surface area contributed by atoms with E-state index in [1.807, 2.05) is 0 Å². The van der Waals surface area contributed by atoms with Crippen molar-refractivity contribution < 1.29 is 0 Å². The highest BCUT2D eigenvalue weighted by molar-refractivity contribution is 5.29. The zero-order valence-electron chi connectivity index (χ0n) is 22.4. The van der Waals surface area contributed by atoms with Crippen LogP contribution in [0.15, 0.2) is 48.6 Å². The van der Waals surface area contributed by atoms with Gasteiger partial charge in [-0.25, -0.2) is 0 Å². The summed E-state index contributed by atoms with van der Waals surface area (Å²) in [4.78, 5) is 0. The van der Waals surface area contributed by atoms with Gasteiger partial charge in [-0.1, -0.05) is 94.5 Å². The first kappa shape index (κ1) is 25.8. The molecule has 188 valence electrons. The van der Waals surface area contributed by atoms with E-state index in [4.69, 9.17) is 0 Å². The number of rotatable bonds is 10. The summed E-state index contributed by atoms with van der Waals surface area (Å²) in [5, 5.41) is 0. The van der Waals surface area contributed by atoms with E-state index >= 15 is 0 Å². The number of unbranched alkanes of at least 4 members (excludes halogenated alkanes) is 2. The highest BCUT2D eigenvalue weighted by Crippen LogP contribution is 2.41. The van der Waals surface area contributed by atoms with E-state index in [0.717, 1.165) is 29.6 Å². The minimum atomic E-state index is 0.646. The number of aryl methyl sites for hydroxylation is 1. The molecule has 3 aliphatic carbocycles. The third-order valence-electron chi connectivity index (χ3n) is 9.53. The second-order valence-electron chi connectivity index (χ2n) is 12.1. The zero-order chi connectivity index (χ0) is 23.6. The van der Waals surface area contributed by atoms with Crippen LogP contribution in [0.3, 0.4) is 0 Å². The van der Waals surface area contributed by atoms with E-state index in [2.05, 4.69) is 62.4 Å². The maximum absolute atomic E-state index is 2.65. The van der Waals surface area contributed by atoms with Crippen molar-refractivity contribution in [2.24, 2.45) is 29.6 Å². The van der Waals surface area contributed by atoms with Crippen LogP contribution >= 0.6 is 0 Å². The quantitative estimate of drug-likeness (QED) is 0.240. The van der Waals surface area contributed by atoms with Crippen LogP contribution in [0, 0.1) is 29.6 Å². The van der Waals surface area contributed by atoms with Crippen LogP contribution in [0.5, 0.6) is 0 Å². The van der Waals surface area contributed by atoms with Crippen LogP contribution < -0.4 is 0 Å². The number of allylic oxidation sites excluding steroid dienone is 4. The molecule has 0 nitrogen and oxygen atoms in total. The standard InChI is InChI=1S/C34H52/c1-3-5-6-8-28-9-11-29(12-10-28)13-14-30-17-21-32(22-18-30)34-25-23-33(24-26-34)31-19-15-27(7-4-2)16-20-31/h13-16,19-20,23,25,28-30,32-34H,3-12,17-18,21-22,24,26H2,1-2H3. The van der Waals surface area contributed by atoms with Crippen LogP contribution in [-0.2, 0) is 6.42 Å².